The summed E-state index contributed by atoms with van der Waals surface area (Å²) in [4.78, 5) is 46.4. The van der Waals surface area contributed by atoms with Crippen LogP contribution in [0.3, 0.4) is 0 Å². The smallest absolute Gasteiger partial charge is 0.238 e. The number of nitrogens with one attached hydrogen (secondary N) is 1. The Labute approximate surface area is 251 Å². The third-order valence-electron chi connectivity index (χ3n) is 9.37. The van der Waals surface area contributed by atoms with Gasteiger partial charge < -0.3 is 15.0 Å². The molecule has 4 aromatic carbocycles. The third-order valence-corrected chi connectivity index (χ3v) is 9.37. The van der Waals surface area contributed by atoms with Gasteiger partial charge in [-0.2, -0.15) is 0 Å². The van der Waals surface area contributed by atoms with Crippen molar-refractivity contribution in [1.29, 1.82) is 0 Å². The average Bonchev–Trinajstić information content (AvgIpc) is 3.49. The monoisotopic (exact) mass is 568 g/mol. The molecule has 214 valence electrons. The number of aryl methyl sites for hydroxylation is 2. The summed E-state index contributed by atoms with van der Waals surface area (Å²) in [5.74, 6) is -1.24. The van der Waals surface area contributed by atoms with E-state index in [1.54, 1.807) is 31.4 Å². The highest BCUT2D eigenvalue weighted by molar-refractivity contribution is 6.18. The van der Waals surface area contributed by atoms with Crippen molar-refractivity contribution in [3.8, 4) is 5.75 Å². The number of amides is 1. The van der Waals surface area contributed by atoms with Gasteiger partial charge >= 0.3 is 0 Å². The molecule has 1 spiro atoms. The van der Waals surface area contributed by atoms with Gasteiger partial charge in [-0.25, -0.2) is 0 Å². The van der Waals surface area contributed by atoms with Crippen LogP contribution in [-0.4, -0.2) is 36.7 Å². The average molecular weight is 569 g/mol. The number of carbonyl (C=O) groups excluding carboxylic acids is 3. The predicted molar refractivity (Wildman–Crippen MR) is 168 cm³/mol. The summed E-state index contributed by atoms with van der Waals surface area (Å²) in [6.07, 6.45) is 2.08. The molecule has 0 bridgehead atoms. The number of rotatable bonds is 5. The molecule has 1 saturated heterocycles. The zero-order valence-electron chi connectivity index (χ0n) is 24.5. The number of carbonyl (C=O) groups is 3. The maximum atomic E-state index is 15.0. The van der Waals surface area contributed by atoms with E-state index in [1.165, 1.54) is 0 Å². The molecule has 3 aliphatic rings. The van der Waals surface area contributed by atoms with Crippen molar-refractivity contribution >= 4 is 34.4 Å². The second-order valence-corrected chi connectivity index (χ2v) is 11.8. The quantitative estimate of drug-likeness (QED) is 0.276. The Kier molecular flexibility index (Phi) is 6.13. The van der Waals surface area contributed by atoms with Crippen LogP contribution in [0.1, 0.15) is 49.9 Å². The minimum atomic E-state index is -1.36. The molecule has 7 rings (SSSR count). The van der Waals surface area contributed by atoms with Gasteiger partial charge in [-0.05, 0) is 62.2 Å². The summed E-state index contributed by atoms with van der Waals surface area (Å²) in [5.41, 5.74) is 5.91. The Morgan fingerprint density at radius 2 is 1.56 bits per heavy atom. The van der Waals surface area contributed by atoms with Crippen LogP contribution in [0.5, 0.6) is 5.75 Å². The zero-order valence-corrected chi connectivity index (χ0v) is 24.5. The number of ketones is 2. The van der Waals surface area contributed by atoms with Gasteiger partial charge in [0.05, 0.1) is 19.1 Å². The number of nitrogens with zero attached hydrogens (tertiary/aromatic N) is 1. The lowest BCUT2D eigenvalue weighted by Gasteiger charge is -2.39. The van der Waals surface area contributed by atoms with Gasteiger partial charge in [0, 0.05) is 28.1 Å². The number of allylic oxidation sites excluding steroid dienone is 1. The molecule has 4 atom stereocenters. The Balaban J connectivity index is 1.55. The van der Waals surface area contributed by atoms with Gasteiger partial charge in [0.2, 0.25) is 5.91 Å². The van der Waals surface area contributed by atoms with E-state index in [1.807, 2.05) is 86.3 Å². The molecule has 3 aliphatic heterocycles. The maximum Gasteiger partial charge on any atom is 0.238 e. The summed E-state index contributed by atoms with van der Waals surface area (Å²) in [6.45, 7) is 6.05. The number of fused-ring (bicyclic) bond motifs is 6. The lowest BCUT2D eigenvalue weighted by atomic mass is 9.64. The molecular weight excluding hydrogens is 536 g/mol. The number of para-hydroxylation sites is 1. The van der Waals surface area contributed by atoms with Crippen LogP contribution < -0.4 is 15.0 Å². The minimum absolute atomic E-state index is 0.195. The lowest BCUT2D eigenvalue weighted by molar-refractivity contribution is -0.121. The highest BCUT2D eigenvalue weighted by atomic mass is 16.5. The molecule has 1 amide bonds. The molecule has 1 fully saturated rings. The Hall–Kier alpha value is -4.97. The van der Waals surface area contributed by atoms with Crippen LogP contribution in [0.2, 0.25) is 0 Å². The highest BCUT2D eigenvalue weighted by Crippen LogP contribution is 2.59. The van der Waals surface area contributed by atoms with Gasteiger partial charge in [0.25, 0.3) is 0 Å². The second kappa shape index (κ2) is 9.80. The molecule has 0 radical (unpaired) electrons. The molecule has 0 aliphatic carbocycles. The van der Waals surface area contributed by atoms with Crippen LogP contribution in [0.15, 0.2) is 97.1 Å². The lowest BCUT2D eigenvalue weighted by Crippen LogP contribution is -2.51. The molecule has 0 saturated carbocycles. The number of benzene rings is 4. The summed E-state index contributed by atoms with van der Waals surface area (Å²) in [6, 6.07) is 26.6. The number of ether oxygens (including phenoxy) is 1. The van der Waals surface area contributed by atoms with Crippen molar-refractivity contribution in [1.82, 2.24) is 0 Å². The molecular formula is C37H32N2O4. The van der Waals surface area contributed by atoms with E-state index in [9.17, 15) is 14.4 Å². The molecule has 3 heterocycles. The SMILES string of the molecule is COc1cccc(C(=O)[C@H]2[C@H](C(=O)c3ccc(C)cc3)N3c4ccc(C)cc4C(C)=C[C@@H]3[C@@]23C(=O)Nc2ccccc23)c1. The fourth-order valence-electron chi connectivity index (χ4n) is 7.39. The summed E-state index contributed by atoms with van der Waals surface area (Å²) >= 11 is 0. The Morgan fingerprint density at radius 1 is 0.814 bits per heavy atom. The number of anilines is 2. The van der Waals surface area contributed by atoms with E-state index in [0.29, 0.717) is 22.6 Å². The largest absolute Gasteiger partial charge is 0.497 e. The first kappa shape index (κ1) is 26.9. The number of hydrogen-bond donors (Lipinski definition) is 1. The fraction of sp³-hybridized carbons (Fsp3) is 0.216. The van der Waals surface area contributed by atoms with Crippen molar-refractivity contribution < 1.29 is 19.1 Å². The first-order valence-corrected chi connectivity index (χ1v) is 14.5. The van der Waals surface area contributed by atoms with Crippen LogP contribution >= 0.6 is 0 Å². The molecule has 1 N–H and O–H groups in total. The van der Waals surface area contributed by atoms with Crippen molar-refractivity contribution in [2.45, 2.75) is 38.3 Å². The van der Waals surface area contributed by atoms with Crippen LogP contribution in [0, 0.1) is 19.8 Å². The van der Waals surface area contributed by atoms with E-state index in [2.05, 4.69) is 17.5 Å². The number of methoxy groups -OCH3 is 1. The number of Topliss-reactive ketones (excluding diaryl/α,β-unsaturated/α-hetero) is 2. The predicted octanol–water partition coefficient (Wildman–Crippen LogP) is 6.56. The van der Waals surface area contributed by atoms with E-state index in [-0.39, 0.29) is 17.5 Å². The van der Waals surface area contributed by atoms with Crippen molar-refractivity contribution in [3.05, 3.63) is 130 Å². The zero-order chi connectivity index (χ0) is 30.0. The Morgan fingerprint density at radius 3 is 2.33 bits per heavy atom. The Bertz CT molecular complexity index is 1860. The van der Waals surface area contributed by atoms with Crippen LogP contribution in [0.25, 0.3) is 5.57 Å². The van der Waals surface area contributed by atoms with Gasteiger partial charge in [-0.15, -0.1) is 0 Å². The molecule has 6 nitrogen and oxygen atoms in total. The minimum Gasteiger partial charge on any atom is -0.497 e. The molecule has 0 unspecified atom stereocenters. The van der Waals surface area contributed by atoms with Gasteiger partial charge in [-0.3, -0.25) is 14.4 Å². The van der Waals surface area contributed by atoms with Gasteiger partial charge in [0.15, 0.2) is 11.6 Å². The van der Waals surface area contributed by atoms with E-state index < -0.39 is 23.4 Å². The van der Waals surface area contributed by atoms with Crippen molar-refractivity contribution in [2.24, 2.45) is 5.92 Å². The van der Waals surface area contributed by atoms with Crippen LogP contribution in [-0.2, 0) is 10.2 Å². The topological polar surface area (TPSA) is 75.7 Å². The van der Waals surface area contributed by atoms with Crippen molar-refractivity contribution in [2.75, 3.05) is 17.3 Å². The highest BCUT2D eigenvalue weighted by Gasteiger charge is 2.70. The van der Waals surface area contributed by atoms with Gasteiger partial charge in [-0.1, -0.05) is 77.9 Å². The van der Waals surface area contributed by atoms with Crippen LogP contribution in [0.4, 0.5) is 11.4 Å². The van der Waals surface area contributed by atoms with E-state index in [4.69, 9.17) is 4.74 Å². The number of hydrogen-bond acceptors (Lipinski definition) is 5. The van der Waals surface area contributed by atoms with Crippen molar-refractivity contribution in [3.63, 3.8) is 0 Å². The first-order valence-electron chi connectivity index (χ1n) is 14.5. The maximum absolute atomic E-state index is 15.0. The molecule has 4 aromatic rings. The summed E-state index contributed by atoms with van der Waals surface area (Å²) in [7, 11) is 1.55. The molecule has 6 heteroatoms. The normalized spacial score (nSPS) is 23.3. The van der Waals surface area contributed by atoms with Gasteiger partial charge in [0.1, 0.15) is 17.2 Å². The van der Waals surface area contributed by atoms with E-state index >= 15 is 0 Å². The first-order chi connectivity index (χ1) is 20.7. The van der Waals surface area contributed by atoms with E-state index in [0.717, 1.165) is 33.5 Å². The molecule has 43 heavy (non-hydrogen) atoms. The second-order valence-electron chi connectivity index (χ2n) is 11.8. The molecule has 0 aromatic heterocycles. The fourth-order valence-corrected chi connectivity index (χ4v) is 7.39. The third kappa shape index (κ3) is 3.82. The summed E-state index contributed by atoms with van der Waals surface area (Å²) < 4.78 is 5.46. The summed E-state index contributed by atoms with van der Waals surface area (Å²) in [5, 5.41) is 3.09. The standard InChI is InChI=1S/C37H32N2O4/c1-21-12-15-24(16-13-21)35(41)33-32(34(40)25-8-7-9-26(20-25)43-4)37(28-10-5-6-11-29(28)38-36(37)42)31-19-23(3)27-18-22(2)14-17-30(27)39(31)33/h5-20,31-33H,1-4H3,(H,38,42)/t31-,32-,33-,37-/m1/s1.